The number of carbonyl (C=O) groups excluding carboxylic acids is 1. The largest absolute Gasteiger partial charge is 0.369 e. The maximum atomic E-state index is 12.6. The lowest BCUT2D eigenvalue weighted by Crippen LogP contribution is -2.53. The summed E-state index contributed by atoms with van der Waals surface area (Å²) in [4.78, 5) is 14.6. The van der Waals surface area contributed by atoms with Crippen LogP contribution in [0.4, 0.5) is 0 Å². The fraction of sp³-hybridized carbons (Fsp3) is 0.929. The number of methoxy groups -OCH3 is 1. The molecular formula is C14H28N2O2. The second-order valence-corrected chi connectivity index (χ2v) is 5.63. The summed E-state index contributed by atoms with van der Waals surface area (Å²) in [6.45, 7) is 9.87. The number of carbonyl (C=O) groups is 1. The van der Waals surface area contributed by atoms with E-state index in [0.29, 0.717) is 12.5 Å². The molecule has 106 valence electrons. The Kier molecular flexibility index (Phi) is 5.60. The fourth-order valence-electron chi connectivity index (χ4n) is 2.36. The first-order valence-electron chi connectivity index (χ1n) is 7.04. The second kappa shape index (κ2) is 6.53. The monoisotopic (exact) mass is 256 g/mol. The molecule has 1 fully saturated rings. The Bertz CT molecular complexity index is 269. The molecule has 0 spiro atoms. The topological polar surface area (TPSA) is 41.6 Å². The van der Waals surface area contributed by atoms with Gasteiger partial charge in [-0.3, -0.25) is 4.79 Å². The highest BCUT2D eigenvalue weighted by molar-refractivity contribution is 5.85. The third-order valence-corrected chi connectivity index (χ3v) is 4.04. The molecule has 1 rings (SSSR count). The van der Waals surface area contributed by atoms with Gasteiger partial charge in [-0.25, -0.2) is 0 Å². The molecule has 0 radical (unpaired) electrons. The first kappa shape index (κ1) is 15.4. The summed E-state index contributed by atoms with van der Waals surface area (Å²) in [5, 5.41) is 3.45. The zero-order chi connectivity index (χ0) is 13.8. The number of hydrogen-bond acceptors (Lipinski definition) is 3. The summed E-state index contributed by atoms with van der Waals surface area (Å²) in [5.41, 5.74) is -0.692. The van der Waals surface area contributed by atoms with Crippen LogP contribution in [0, 0.1) is 0 Å². The highest BCUT2D eigenvalue weighted by atomic mass is 16.5. The quantitative estimate of drug-likeness (QED) is 0.788. The smallest absolute Gasteiger partial charge is 0.254 e. The molecule has 2 atom stereocenters. The maximum absolute atomic E-state index is 12.6. The van der Waals surface area contributed by atoms with Gasteiger partial charge < -0.3 is 15.0 Å². The van der Waals surface area contributed by atoms with E-state index in [0.717, 1.165) is 19.5 Å². The summed E-state index contributed by atoms with van der Waals surface area (Å²) < 4.78 is 5.43. The molecule has 1 saturated heterocycles. The zero-order valence-electron chi connectivity index (χ0n) is 12.5. The summed E-state index contributed by atoms with van der Waals surface area (Å²) in [6.07, 6.45) is 3.07. The predicted molar refractivity (Wildman–Crippen MR) is 73.6 cm³/mol. The SMILES string of the molecule is CCC(C)(OC)C(=O)N(CC1CCCN1)C(C)C. The summed E-state index contributed by atoms with van der Waals surface area (Å²) in [7, 11) is 1.62. The average Bonchev–Trinajstić information content (AvgIpc) is 2.86. The summed E-state index contributed by atoms with van der Waals surface area (Å²) >= 11 is 0. The van der Waals surface area contributed by atoms with Crippen molar-refractivity contribution in [3.05, 3.63) is 0 Å². The van der Waals surface area contributed by atoms with Crippen LogP contribution in [0.5, 0.6) is 0 Å². The van der Waals surface area contributed by atoms with E-state index in [9.17, 15) is 4.79 Å². The minimum atomic E-state index is -0.692. The van der Waals surface area contributed by atoms with Crippen LogP contribution in [0.1, 0.15) is 47.0 Å². The summed E-state index contributed by atoms with van der Waals surface area (Å²) in [5.74, 6) is 0.108. The molecule has 4 nitrogen and oxygen atoms in total. The van der Waals surface area contributed by atoms with E-state index in [1.54, 1.807) is 7.11 Å². The van der Waals surface area contributed by atoms with Crippen LogP contribution in [-0.2, 0) is 9.53 Å². The van der Waals surface area contributed by atoms with E-state index in [2.05, 4.69) is 19.2 Å². The number of nitrogens with one attached hydrogen (secondary N) is 1. The first-order chi connectivity index (χ1) is 8.44. The van der Waals surface area contributed by atoms with E-state index in [1.807, 2.05) is 18.7 Å². The van der Waals surface area contributed by atoms with Crippen LogP contribution in [0.15, 0.2) is 0 Å². The Morgan fingerprint density at radius 2 is 2.22 bits per heavy atom. The molecule has 1 amide bonds. The van der Waals surface area contributed by atoms with Crippen molar-refractivity contribution in [2.45, 2.75) is 64.6 Å². The van der Waals surface area contributed by atoms with Crippen molar-refractivity contribution in [1.29, 1.82) is 0 Å². The van der Waals surface area contributed by atoms with E-state index >= 15 is 0 Å². The van der Waals surface area contributed by atoms with Gasteiger partial charge in [0.25, 0.3) is 5.91 Å². The number of amides is 1. The number of ether oxygens (including phenoxy) is 1. The lowest BCUT2D eigenvalue weighted by Gasteiger charge is -2.36. The molecular weight excluding hydrogens is 228 g/mol. The third-order valence-electron chi connectivity index (χ3n) is 4.04. The molecule has 0 aromatic heterocycles. The Labute approximate surface area is 111 Å². The molecule has 1 heterocycles. The van der Waals surface area contributed by atoms with Gasteiger partial charge in [0.2, 0.25) is 0 Å². The molecule has 0 aliphatic carbocycles. The Hall–Kier alpha value is -0.610. The normalized spacial score (nSPS) is 23.1. The zero-order valence-corrected chi connectivity index (χ0v) is 12.5. The van der Waals surface area contributed by atoms with Crippen LogP contribution >= 0.6 is 0 Å². The van der Waals surface area contributed by atoms with Gasteiger partial charge >= 0.3 is 0 Å². The minimum absolute atomic E-state index is 0.108. The molecule has 1 aliphatic rings. The fourth-order valence-corrected chi connectivity index (χ4v) is 2.36. The van der Waals surface area contributed by atoms with Crippen LogP contribution in [0.2, 0.25) is 0 Å². The van der Waals surface area contributed by atoms with Crippen LogP contribution < -0.4 is 5.32 Å². The Balaban J connectivity index is 2.74. The van der Waals surface area contributed by atoms with Crippen molar-refractivity contribution in [3.8, 4) is 0 Å². The highest BCUT2D eigenvalue weighted by Crippen LogP contribution is 2.20. The van der Waals surface area contributed by atoms with Crippen molar-refractivity contribution in [3.63, 3.8) is 0 Å². The van der Waals surface area contributed by atoms with Crippen molar-refractivity contribution < 1.29 is 9.53 Å². The van der Waals surface area contributed by atoms with Crippen molar-refractivity contribution >= 4 is 5.91 Å². The molecule has 0 saturated carbocycles. The van der Waals surface area contributed by atoms with Gasteiger partial charge in [-0.05, 0) is 46.6 Å². The maximum Gasteiger partial charge on any atom is 0.254 e. The molecule has 0 aromatic carbocycles. The van der Waals surface area contributed by atoms with Gasteiger partial charge in [-0.2, -0.15) is 0 Å². The van der Waals surface area contributed by atoms with Crippen LogP contribution in [-0.4, -0.2) is 48.7 Å². The second-order valence-electron chi connectivity index (χ2n) is 5.63. The van der Waals surface area contributed by atoms with Gasteiger partial charge in [0.1, 0.15) is 5.60 Å². The number of hydrogen-bond donors (Lipinski definition) is 1. The van der Waals surface area contributed by atoms with E-state index in [4.69, 9.17) is 4.74 Å². The van der Waals surface area contributed by atoms with Gasteiger partial charge in [-0.1, -0.05) is 6.92 Å². The minimum Gasteiger partial charge on any atom is -0.369 e. The first-order valence-corrected chi connectivity index (χ1v) is 7.04. The van der Waals surface area contributed by atoms with Gasteiger partial charge in [-0.15, -0.1) is 0 Å². The van der Waals surface area contributed by atoms with E-state index in [-0.39, 0.29) is 11.9 Å². The van der Waals surface area contributed by atoms with Gasteiger partial charge in [0.05, 0.1) is 0 Å². The molecule has 0 bridgehead atoms. The molecule has 4 heteroatoms. The molecule has 0 aromatic rings. The summed E-state index contributed by atoms with van der Waals surface area (Å²) in [6, 6.07) is 0.648. The van der Waals surface area contributed by atoms with Crippen LogP contribution in [0.3, 0.4) is 0 Å². The Morgan fingerprint density at radius 1 is 1.56 bits per heavy atom. The standard InChI is InChI=1S/C14H28N2O2/c1-6-14(4,18-5)13(17)16(11(2)3)10-12-8-7-9-15-12/h11-12,15H,6-10H2,1-5H3. The average molecular weight is 256 g/mol. The lowest BCUT2D eigenvalue weighted by molar-refractivity contribution is -0.155. The third kappa shape index (κ3) is 3.45. The molecule has 1 N–H and O–H groups in total. The Morgan fingerprint density at radius 3 is 2.61 bits per heavy atom. The van der Waals surface area contributed by atoms with Crippen molar-refractivity contribution in [2.24, 2.45) is 0 Å². The molecule has 1 aliphatic heterocycles. The van der Waals surface area contributed by atoms with Crippen molar-refractivity contribution in [2.75, 3.05) is 20.2 Å². The predicted octanol–water partition coefficient (Wildman–Crippen LogP) is 1.79. The molecule has 18 heavy (non-hydrogen) atoms. The van der Waals surface area contributed by atoms with Crippen LogP contribution in [0.25, 0.3) is 0 Å². The lowest BCUT2D eigenvalue weighted by atomic mass is 10.00. The highest BCUT2D eigenvalue weighted by Gasteiger charge is 2.37. The number of nitrogens with zero attached hydrogens (tertiary/aromatic N) is 1. The van der Waals surface area contributed by atoms with Gasteiger partial charge in [0.15, 0.2) is 0 Å². The number of rotatable bonds is 6. The van der Waals surface area contributed by atoms with Crippen molar-refractivity contribution in [1.82, 2.24) is 10.2 Å². The van der Waals surface area contributed by atoms with E-state index < -0.39 is 5.60 Å². The van der Waals surface area contributed by atoms with E-state index in [1.165, 1.54) is 6.42 Å². The molecule has 2 unspecified atom stereocenters. The van der Waals surface area contributed by atoms with Gasteiger partial charge in [0, 0.05) is 25.7 Å².